The zero-order valence-electron chi connectivity index (χ0n) is 16.2. The van der Waals surface area contributed by atoms with E-state index in [0.29, 0.717) is 34.8 Å². The quantitative estimate of drug-likeness (QED) is 0.495. The second kappa shape index (κ2) is 9.56. The van der Waals surface area contributed by atoms with Gasteiger partial charge < -0.3 is 24.5 Å². The lowest BCUT2D eigenvalue weighted by Gasteiger charge is -2.09. The first-order valence-corrected chi connectivity index (χ1v) is 8.49. The van der Waals surface area contributed by atoms with Crippen molar-refractivity contribution in [2.45, 2.75) is 13.8 Å². The molecule has 2 amide bonds. The van der Waals surface area contributed by atoms with E-state index in [2.05, 4.69) is 15.6 Å². The summed E-state index contributed by atoms with van der Waals surface area (Å²) in [5.74, 6) is -0.931. The summed E-state index contributed by atoms with van der Waals surface area (Å²) < 4.78 is 14.5. The molecule has 0 radical (unpaired) electrons. The number of anilines is 2. The molecule has 150 valence electrons. The molecule has 0 bridgehead atoms. The number of H-pyrrole nitrogens is 1. The van der Waals surface area contributed by atoms with Crippen molar-refractivity contribution in [2.24, 2.45) is 0 Å². The molecule has 2 aromatic rings. The molecule has 0 saturated carbocycles. The Morgan fingerprint density at radius 3 is 2.36 bits per heavy atom. The first kappa shape index (κ1) is 21.0. The van der Waals surface area contributed by atoms with E-state index in [0.717, 1.165) is 0 Å². The Kier molecular flexibility index (Phi) is 7.16. The monoisotopic (exact) mass is 389 g/mol. The smallest absolute Gasteiger partial charge is 0.411 e. The van der Waals surface area contributed by atoms with Gasteiger partial charge in [0.25, 0.3) is 5.91 Å². The van der Waals surface area contributed by atoms with Gasteiger partial charge in [-0.25, -0.2) is 9.59 Å². The number of hydrogen-bond acceptors (Lipinski definition) is 6. The van der Waals surface area contributed by atoms with Gasteiger partial charge in [0.05, 0.1) is 19.3 Å². The van der Waals surface area contributed by atoms with Gasteiger partial charge in [0, 0.05) is 24.2 Å². The second-order valence-electron chi connectivity index (χ2n) is 5.91. The number of benzene rings is 1. The number of nitrogens with one attached hydrogen (secondary N) is 3. The van der Waals surface area contributed by atoms with Crippen LogP contribution >= 0.6 is 0 Å². The largest absolute Gasteiger partial charge is 0.465 e. The highest BCUT2D eigenvalue weighted by Crippen LogP contribution is 2.21. The van der Waals surface area contributed by atoms with Crippen LogP contribution in [0.25, 0.3) is 0 Å². The lowest BCUT2D eigenvalue weighted by atomic mass is 10.1. The summed E-state index contributed by atoms with van der Waals surface area (Å²) >= 11 is 0. The van der Waals surface area contributed by atoms with Gasteiger partial charge in [0.15, 0.2) is 0 Å². The number of aromatic nitrogens is 1. The fourth-order valence-electron chi connectivity index (χ4n) is 2.63. The first-order valence-electron chi connectivity index (χ1n) is 8.49. The van der Waals surface area contributed by atoms with Crippen molar-refractivity contribution in [1.82, 2.24) is 4.98 Å². The average Bonchev–Trinajstić information content (AvgIpc) is 2.96. The van der Waals surface area contributed by atoms with Crippen molar-refractivity contribution >= 4 is 29.3 Å². The standard InChI is InChI=1S/C19H23N3O6/c1-11-15(18(24)27-4)12(2)20-16(11)17(23)21-13-6-5-7-14(10-13)22-19(25)28-9-8-26-3/h5-7,10,20H,8-9H2,1-4H3,(H,21,23)(H,22,25). The molecule has 0 aliphatic carbocycles. The lowest BCUT2D eigenvalue weighted by molar-refractivity contribution is 0.0599. The van der Waals surface area contributed by atoms with Gasteiger partial charge in [-0.15, -0.1) is 0 Å². The molecule has 1 aromatic heterocycles. The molecule has 1 aromatic carbocycles. The van der Waals surface area contributed by atoms with Crippen molar-refractivity contribution in [1.29, 1.82) is 0 Å². The summed E-state index contributed by atoms with van der Waals surface area (Å²) in [4.78, 5) is 39.1. The minimum absolute atomic E-state index is 0.132. The van der Waals surface area contributed by atoms with Gasteiger partial charge in [0.2, 0.25) is 0 Å². The number of carbonyl (C=O) groups is 3. The number of rotatable bonds is 7. The predicted octanol–water partition coefficient (Wildman–Crippen LogP) is 2.87. The van der Waals surface area contributed by atoms with Crippen LogP contribution in [0, 0.1) is 13.8 Å². The molecule has 2 rings (SSSR count). The first-order chi connectivity index (χ1) is 13.4. The summed E-state index contributed by atoms with van der Waals surface area (Å²) in [5.41, 5.74) is 2.56. The molecule has 0 fully saturated rings. The number of carbonyl (C=O) groups excluding carboxylic acids is 3. The average molecular weight is 389 g/mol. The molecule has 0 aliphatic heterocycles. The van der Waals surface area contributed by atoms with Crippen LogP contribution in [0.3, 0.4) is 0 Å². The number of aryl methyl sites for hydroxylation is 1. The summed E-state index contributed by atoms with van der Waals surface area (Å²) in [5, 5.41) is 5.29. The van der Waals surface area contributed by atoms with E-state index in [1.807, 2.05) is 0 Å². The summed E-state index contributed by atoms with van der Waals surface area (Å²) in [6, 6.07) is 6.59. The number of amides is 2. The molecule has 0 saturated heterocycles. The van der Waals surface area contributed by atoms with Gasteiger partial charge in [-0.2, -0.15) is 0 Å². The lowest BCUT2D eigenvalue weighted by Crippen LogP contribution is -2.17. The van der Waals surface area contributed by atoms with E-state index in [1.54, 1.807) is 38.1 Å². The SMILES string of the molecule is COCCOC(=O)Nc1cccc(NC(=O)c2[nH]c(C)c(C(=O)OC)c2C)c1. The van der Waals surface area contributed by atoms with Crippen LogP contribution in [-0.2, 0) is 14.2 Å². The number of aromatic amines is 1. The van der Waals surface area contributed by atoms with E-state index in [-0.39, 0.29) is 12.3 Å². The van der Waals surface area contributed by atoms with Gasteiger partial charge >= 0.3 is 12.1 Å². The van der Waals surface area contributed by atoms with Gasteiger partial charge in [-0.3, -0.25) is 10.1 Å². The zero-order chi connectivity index (χ0) is 20.7. The van der Waals surface area contributed by atoms with E-state index < -0.39 is 18.0 Å². The van der Waals surface area contributed by atoms with Crippen LogP contribution in [0.15, 0.2) is 24.3 Å². The number of methoxy groups -OCH3 is 2. The minimum Gasteiger partial charge on any atom is -0.465 e. The molecule has 1 heterocycles. The number of esters is 1. The summed E-state index contributed by atoms with van der Waals surface area (Å²) in [6.45, 7) is 3.78. The minimum atomic E-state index is -0.626. The Labute approximate surface area is 162 Å². The van der Waals surface area contributed by atoms with E-state index in [1.165, 1.54) is 14.2 Å². The summed E-state index contributed by atoms with van der Waals surface area (Å²) in [7, 11) is 2.79. The molecular formula is C19H23N3O6. The molecule has 0 aliphatic rings. The highest BCUT2D eigenvalue weighted by Gasteiger charge is 2.22. The maximum Gasteiger partial charge on any atom is 0.411 e. The Bertz CT molecular complexity index is 875. The summed E-state index contributed by atoms with van der Waals surface area (Å²) in [6.07, 6.45) is -0.626. The van der Waals surface area contributed by atoms with E-state index in [9.17, 15) is 14.4 Å². The molecule has 28 heavy (non-hydrogen) atoms. The normalized spacial score (nSPS) is 10.3. The van der Waals surface area contributed by atoms with Gasteiger partial charge in [0.1, 0.15) is 12.3 Å². The van der Waals surface area contributed by atoms with Crippen molar-refractivity contribution in [2.75, 3.05) is 38.1 Å². The predicted molar refractivity (Wildman–Crippen MR) is 103 cm³/mol. The molecule has 3 N–H and O–H groups in total. The molecular weight excluding hydrogens is 366 g/mol. The molecule has 0 unspecified atom stereocenters. The fraction of sp³-hybridized carbons (Fsp3) is 0.316. The van der Waals surface area contributed by atoms with Crippen LogP contribution in [0.4, 0.5) is 16.2 Å². The van der Waals surface area contributed by atoms with Crippen molar-refractivity contribution < 1.29 is 28.6 Å². The van der Waals surface area contributed by atoms with Crippen LogP contribution in [0.5, 0.6) is 0 Å². The Hall–Kier alpha value is -3.33. The van der Waals surface area contributed by atoms with E-state index in [4.69, 9.17) is 14.2 Å². The molecule has 9 heteroatoms. The highest BCUT2D eigenvalue weighted by atomic mass is 16.6. The molecule has 0 spiro atoms. The molecule has 9 nitrogen and oxygen atoms in total. The molecule has 0 atom stereocenters. The van der Waals surface area contributed by atoms with Crippen molar-refractivity contribution in [3.63, 3.8) is 0 Å². The number of ether oxygens (including phenoxy) is 3. The van der Waals surface area contributed by atoms with Crippen LogP contribution in [0.1, 0.15) is 32.1 Å². The Balaban J connectivity index is 2.09. The fourth-order valence-corrected chi connectivity index (χ4v) is 2.63. The zero-order valence-corrected chi connectivity index (χ0v) is 16.2. The van der Waals surface area contributed by atoms with Crippen LogP contribution < -0.4 is 10.6 Å². The second-order valence-corrected chi connectivity index (χ2v) is 5.91. The Morgan fingerprint density at radius 1 is 1.04 bits per heavy atom. The maximum absolute atomic E-state index is 12.6. The van der Waals surface area contributed by atoms with Crippen molar-refractivity contribution in [3.05, 3.63) is 46.8 Å². The number of hydrogen-bond donors (Lipinski definition) is 3. The van der Waals surface area contributed by atoms with E-state index >= 15 is 0 Å². The highest BCUT2D eigenvalue weighted by molar-refractivity contribution is 6.07. The third-order valence-electron chi connectivity index (χ3n) is 3.94. The van der Waals surface area contributed by atoms with Crippen molar-refractivity contribution in [3.8, 4) is 0 Å². The third kappa shape index (κ3) is 5.10. The topological polar surface area (TPSA) is 119 Å². The Morgan fingerprint density at radius 2 is 1.71 bits per heavy atom. The maximum atomic E-state index is 12.6. The van der Waals surface area contributed by atoms with Gasteiger partial charge in [-0.1, -0.05) is 6.07 Å². The van der Waals surface area contributed by atoms with Gasteiger partial charge in [-0.05, 0) is 37.6 Å². The van der Waals surface area contributed by atoms with Crippen LogP contribution in [-0.4, -0.2) is 50.4 Å². The third-order valence-corrected chi connectivity index (χ3v) is 3.94. The van der Waals surface area contributed by atoms with Crippen LogP contribution in [0.2, 0.25) is 0 Å².